The summed E-state index contributed by atoms with van der Waals surface area (Å²) in [7, 11) is 0. The molecule has 0 aliphatic carbocycles. The fourth-order valence-corrected chi connectivity index (χ4v) is 3.48. The van der Waals surface area contributed by atoms with E-state index in [1.807, 2.05) is 25.6 Å². The van der Waals surface area contributed by atoms with Crippen molar-refractivity contribution in [2.45, 2.75) is 32.4 Å². The van der Waals surface area contributed by atoms with E-state index in [0.29, 0.717) is 5.25 Å². The van der Waals surface area contributed by atoms with Crippen LogP contribution in [-0.2, 0) is 0 Å². The van der Waals surface area contributed by atoms with Gasteiger partial charge in [0.1, 0.15) is 5.84 Å². The van der Waals surface area contributed by atoms with Crippen molar-refractivity contribution in [1.29, 1.82) is 5.41 Å². The van der Waals surface area contributed by atoms with Gasteiger partial charge in [-0.2, -0.15) is 16.9 Å². The van der Waals surface area contributed by atoms with Crippen LogP contribution in [0.4, 0.5) is 5.82 Å². The second kappa shape index (κ2) is 5.77. The molecule has 0 aromatic carbocycles. The molecule has 0 saturated carbocycles. The van der Waals surface area contributed by atoms with E-state index in [9.17, 15) is 0 Å². The topological polar surface area (TPSA) is 78.9 Å². The fourth-order valence-electron chi connectivity index (χ4n) is 2.30. The summed E-state index contributed by atoms with van der Waals surface area (Å²) in [5, 5.41) is 16.9. The van der Waals surface area contributed by atoms with E-state index in [1.54, 1.807) is 0 Å². The Morgan fingerprint density at radius 2 is 2.21 bits per heavy atom. The SMILES string of the molecule is CCC1CN(c2nnc(C)c(C)c2C(=N)N)CCS1. The molecule has 1 aromatic rings. The average molecular weight is 279 g/mol. The maximum atomic E-state index is 7.81. The smallest absolute Gasteiger partial charge is 0.162 e. The molecule has 1 aliphatic rings. The minimum atomic E-state index is 0.0803. The zero-order valence-corrected chi connectivity index (χ0v) is 12.5. The molecule has 1 aromatic heterocycles. The number of aromatic nitrogens is 2. The van der Waals surface area contributed by atoms with E-state index in [0.717, 1.165) is 47.9 Å². The van der Waals surface area contributed by atoms with Gasteiger partial charge in [-0.1, -0.05) is 6.92 Å². The number of nitrogens with two attached hydrogens (primary N) is 1. The lowest BCUT2D eigenvalue weighted by Gasteiger charge is -2.33. The van der Waals surface area contributed by atoms with Crippen molar-refractivity contribution in [3.05, 3.63) is 16.8 Å². The lowest BCUT2D eigenvalue weighted by Crippen LogP contribution is -2.39. The predicted octanol–water partition coefficient (Wildman–Crippen LogP) is 1.71. The van der Waals surface area contributed by atoms with Crippen LogP contribution >= 0.6 is 11.8 Å². The summed E-state index contributed by atoms with van der Waals surface area (Å²) in [6.45, 7) is 7.97. The lowest BCUT2D eigenvalue weighted by atomic mass is 10.1. The molecule has 0 bridgehead atoms. The Kier molecular flexibility index (Phi) is 4.29. The highest BCUT2D eigenvalue weighted by molar-refractivity contribution is 8.00. The maximum absolute atomic E-state index is 7.81. The molecular formula is C13H21N5S. The van der Waals surface area contributed by atoms with E-state index in [2.05, 4.69) is 22.0 Å². The lowest BCUT2D eigenvalue weighted by molar-refractivity contribution is 0.710. The first-order valence-corrected chi connectivity index (χ1v) is 7.64. The van der Waals surface area contributed by atoms with Gasteiger partial charge in [0.15, 0.2) is 5.82 Å². The highest BCUT2D eigenvalue weighted by Crippen LogP contribution is 2.28. The van der Waals surface area contributed by atoms with Gasteiger partial charge in [-0.15, -0.1) is 5.10 Å². The van der Waals surface area contributed by atoms with Crippen LogP contribution in [0.2, 0.25) is 0 Å². The van der Waals surface area contributed by atoms with Gasteiger partial charge < -0.3 is 10.6 Å². The second-order valence-electron chi connectivity index (χ2n) is 4.87. The van der Waals surface area contributed by atoms with Crippen molar-refractivity contribution >= 4 is 23.4 Å². The second-order valence-corrected chi connectivity index (χ2v) is 6.28. The molecule has 1 aliphatic heterocycles. The van der Waals surface area contributed by atoms with Gasteiger partial charge in [0, 0.05) is 24.1 Å². The van der Waals surface area contributed by atoms with Gasteiger partial charge >= 0.3 is 0 Å². The van der Waals surface area contributed by atoms with Crippen LogP contribution in [0.5, 0.6) is 0 Å². The number of hydrogen-bond donors (Lipinski definition) is 2. The summed E-state index contributed by atoms with van der Waals surface area (Å²) in [5.74, 6) is 1.94. The minimum absolute atomic E-state index is 0.0803. The summed E-state index contributed by atoms with van der Waals surface area (Å²) in [6, 6.07) is 0. The van der Waals surface area contributed by atoms with Gasteiger partial charge in [0.2, 0.25) is 0 Å². The highest BCUT2D eigenvalue weighted by Gasteiger charge is 2.24. The highest BCUT2D eigenvalue weighted by atomic mass is 32.2. The number of rotatable bonds is 3. The van der Waals surface area contributed by atoms with Gasteiger partial charge in [-0.05, 0) is 25.8 Å². The monoisotopic (exact) mass is 279 g/mol. The zero-order valence-electron chi connectivity index (χ0n) is 11.7. The first-order valence-electron chi connectivity index (χ1n) is 6.59. The molecule has 2 rings (SSSR count). The third kappa shape index (κ3) is 2.83. The van der Waals surface area contributed by atoms with Gasteiger partial charge in [0.25, 0.3) is 0 Å². The number of nitrogens with one attached hydrogen (secondary N) is 1. The molecule has 0 amide bonds. The molecule has 2 heterocycles. The zero-order chi connectivity index (χ0) is 14.0. The van der Waals surface area contributed by atoms with E-state index < -0.39 is 0 Å². The summed E-state index contributed by atoms with van der Waals surface area (Å²) in [4.78, 5) is 2.22. The largest absolute Gasteiger partial charge is 0.384 e. The van der Waals surface area contributed by atoms with Gasteiger partial charge in [0.05, 0.1) is 11.3 Å². The van der Waals surface area contributed by atoms with Crippen molar-refractivity contribution in [1.82, 2.24) is 10.2 Å². The van der Waals surface area contributed by atoms with Crippen LogP contribution in [0, 0.1) is 19.3 Å². The molecule has 19 heavy (non-hydrogen) atoms. The quantitative estimate of drug-likeness (QED) is 0.650. The first kappa shape index (κ1) is 14.1. The molecule has 5 nitrogen and oxygen atoms in total. The number of nitrogens with zero attached hydrogens (tertiary/aromatic N) is 3. The van der Waals surface area contributed by atoms with Crippen molar-refractivity contribution in [2.24, 2.45) is 5.73 Å². The van der Waals surface area contributed by atoms with E-state index >= 15 is 0 Å². The Balaban J connectivity index is 2.39. The van der Waals surface area contributed by atoms with Crippen LogP contribution in [0.25, 0.3) is 0 Å². The molecule has 1 unspecified atom stereocenters. The van der Waals surface area contributed by atoms with Crippen molar-refractivity contribution in [3.8, 4) is 0 Å². The third-order valence-electron chi connectivity index (χ3n) is 3.60. The van der Waals surface area contributed by atoms with E-state index in [4.69, 9.17) is 11.1 Å². The maximum Gasteiger partial charge on any atom is 0.162 e. The number of amidine groups is 1. The predicted molar refractivity (Wildman–Crippen MR) is 81.3 cm³/mol. The Bertz CT molecular complexity index is 488. The van der Waals surface area contributed by atoms with E-state index in [-0.39, 0.29) is 5.84 Å². The normalized spacial score (nSPS) is 19.5. The van der Waals surface area contributed by atoms with Gasteiger partial charge in [-0.25, -0.2) is 0 Å². The molecule has 0 radical (unpaired) electrons. The van der Waals surface area contributed by atoms with Crippen molar-refractivity contribution < 1.29 is 0 Å². The molecule has 1 saturated heterocycles. The summed E-state index contributed by atoms with van der Waals surface area (Å²) >= 11 is 2.01. The average Bonchev–Trinajstić information content (AvgIpc) is 2.41. The third-order valence-corrected chi connectivity index (χ3v) is 4.97. The number of aryl methyl sites for hydroxylation is 1. The van der Waals surface area contributed by atoms with Crippen LogP contribution in [0.15, 0.2) is 0 Å². The van der Waals surface area contributed by atoms with Crippen LogP contribution in [0.1, 0.15) is 30.2 Å². The molecule has 0 spiro atoms. The molecular weight excluding hydrogens is 258 g/mol. The molecule has 1 atom stereocenters. The Morgan fingerprint density at radius 3 is 2.84 bits per heavy atom. The van der Waals surface area contributed by atoms with E-state index in [1.165, 1.54) is 0 Å². The van der Waals surface area contributed by atoms with Crippen LogP contribution < -0.4 is 10.6 Å². The Morgan fingerprint density at radius 1 is 1.47 bits per heavy atom. The van der Waals surface area contributed by atoms with Crippen molar-refractivity contribution in [3.63, 3.8) is 0 Å². The van der Waals surface area contributed by atoms with Gasteiger partial charge in [-0.3, -0.25) is 5.41 Å². The Labute approximate surface area is 118 Å². The Hall–Kier alpha value is -1.30. The first-order chi connectivity index (χ1) is 9.04. The van der Waals surface area contributed by atoms with Crippen molar-refractivity contribution in [2.75, 3.05) is 23.7 Å². The molecule has 104 valence electrons. The van der Waals surface area contributed by atoms with Crippen LogP contribution in [0.3, 0.4) is 0 Å². The summed E-state index contributed by atoms with van der Waals surface area (Å²) in [5.41, 5.74) is 8.29. The number of hydrogen-bond acceptors (Lipinski definition) is 5. The summed E-state index contributed by atoms with van der Waals surface area (Å²) in [6.07, 6.45) is 1.15. The van der Waals surface area contributed by atoms with Crippen LogP contribution in [-0.4, -0.2) is 40.1 Å². The molecule has 1 fully saturated rings. The number of thioether (sulfide) groups is 1. The minimum Gasteiger partial charge on any atom is -0.384 e. The fraction of sp³-hybridized carbons (Fsp3) is 0.615. The summed E-state index contributed by atoms with van der Waals surface area (Å²) < 4.78 is 0. The number of nitrogen functional groups attached to an aromatic ring is 1. The number of anilines is 1. The standard InChI is InChI=1S/C13H21N5S/c1-4-10-7-18(5-6-19-10)13-11(12(14)15)8(2)9(3)16-17-13/h10H,4-7H2,1-3H3,(H3,14,15). The molecule has 3 N–H and O–H groups in total. The molecule has 6 heteroatoms.